The number of nitrogens with zero attached hydrogens (tertiary/aromatic N) is 2. The number of hydrogen-bond acceptors (Lipinski definition) is 5. The van der Waals surface area contributed by atoms with E-state index in [9.17, 15) is 18.0 Å². The van der Waals surface area contributed by atoms with Gasteiger partial charge in [-0.2, -0.15) is 0 Å². The second-order valence-corrected chi connectivity index (χ2v) is 9.21. The monoisotopic (exact) mass is 445 g/mol. The van der Waals surface area contributed by atoms with E-state index in [1.165, 1.54) is 6.92 Å². The molecule has 0 unspecified atom stereocenters. The van der Waals surface area contributed by atoms with Gasteiger partial charge in [0.1, 0.15) is 11.8 Å². The summed E-state index contributed by atoms with van der Waals surface area (Å²) >= 11 is 0. The van der Waals surface area contributed by atoms with Crippen molar-refractivity contribution in [3.05, 3.63) is 48.5 Å². The van der Waals surface area contributed by atoms with E-state index in [4.69, 9.17) is 4.74 Å². The Bertz CT molecular complexity index is 1040. The molecule has 1 saturated heterocycles. The van der Waals surface area contributed by atoms with Crippen LogP contribution < -0.4 is 19.3 Å². The molecular formula is C22H27N3O5S. The fraction of sp³-hybridized carbons (Fsp3) is 0.364. The Morgan fingerprint density at radius 3 is 2.32 bits per heavy atom. The summed E-state index contributed by atoms with van der Waals surface area (Å²) < 4.78 is 31.4. The molecule has 0 bridgehead atoms. The van der Waals surface area contributed by atoms with Crippen LogP contribution in [0, 0.1) is 0 Å². The first kappa shape index (κ1) is 22.6. The lowest BCUT2D eigenvalue weighted by Gasteiger charge is -2.28. The molecule has 1 aliphatic heterocycles. The molecule has 0 spiro atoms. The molecule has 2 aromatic rings. The Morgan fingerprint density at radius 2 is 1.81 bits per heavy atom. The van der Waals surface area contributed by atoms with Crippen LogP contribution in [0.15, 0.2) is 48.5 Å². The number of rotatable bonds is 8. The maximum atomic E-state index is 12.8. The van der Waals surface area contributed by atoms with Crippen molar-refractivity contribution in [3.8, 4) is 5.75 Å². The van der Waals surface area contributed by atoms with Crippen molar-refractivity contribution in [2.45, 2.75) is 32.7 Å². The molecule has 1 atom stereocenters. The van der Waals surface area contributed by atoms with Crippen LogP contribution in [0.3, 0.4) is 0 Å². The number of anilines is 3. The fourth-order valence-electron chi connectivity index (χ4n) is 3.56. The first-order valence-corrected chi connectivity index (χ1v) is 12.0. The average Bonchev–Trinajstić information content (AvgIpc) is 3.15. The van der Waals surface area contributed by atoms with E-state index >= 15 is 0 Å². The highest BCUT2D eigenvalue weighted by Gasteiger charge is 2.29. The third-order valence-electron chi connectivity index (χ3n) is 5.01. The number of amides is 2. The van der Waals surface area contributed by atoms with E-state index in [0.717, 1.165) is 22.7 Å². The van der Waals surface area contributed by atoms with Crippen LogP contribution in [-0.4, -0.2) is 45.7 Å². The van der Waals surface area contributed by atoms with E-state index < -0.39 is 22.0 Å². The van der Waals surface area contributed by atoms with Crippen molar-refractivity contribution in [1.29, 1.82) is 0 Å². The Balaban J connectivity index is 1.74. The van der Waals surface area contributed by atoms with Gasteiger partial charge < -0.3 is 15.0 Å². The Labute approximate surface area is 182 Å². The first-order valence-electron chi connectivity index (χ1n) is 10.1. The van der Waals surface area contributed by atoms with Crippen molar-refractivity contribution in [3.63, 3.8) is 0 Å². The summed E-state index contributed by atoms with van der Waals surface area (Å²) in [6.07, 6.45) is 2.44. The van der Waals surface area contributed by atoms with Crippen molar-refractivity contribution in [2.75, 3.05) is 33.9 Å². The number of ether oxygens (including phenoxy) is 1. The number of sulfonamides is 1. The molecule has 1 N–H and O–H groups in total. The van der Waals surface area contributed by atoms with Crippen molar-refractivity contribution in [2.24, 2.45) is 0 Å². The van der Waals surface area contributed by atoms with Gasteiger partial charge in [0.25, 0.3) is 0 Å². The molecule has 0 aliphatic carbocycles. The van der Waals surface area contributed by atoms with E-state index in [0.29, 0.717) is 36.7 Å². The minimum absolute atomic E-state index is 0.0876. The number of hydrogen-bond donors (Lipinski definition) is 1. The third-order valence-corrected chi connectivity index (χ3v) is 6.25. The molecule has 9 heteroatoms. The summed E-state index contributed by atoms with van der Waals surface area (Å²) in [4.78, 5) is 26.4. The predicted molar refractivity (Wildman–Crippen MR) is 121 cm³/mol. The molecule has 166 valence electrons. The van der Waals surface area contributed by atoms with Crippen LogP contribution in [0.1, 0.15) is 26.7 Å². The summed E-state index contributed by atoms with van der Waals surface area (Å²) in [6.45, 7) is 4.58. The molecule has 1 aliphatic rings. The van der Waals surface area contributed by atoms with Gasteiger partial charge in [-0.15, -0.1) is 0 Å². The minimum atomic E-state index is -3.72. The van der Waals surface area contributed by atoms with Crippen LogP contribution in [0.25, 0.3) is 0 Å². The zero-order valence-electron chi connectivity index (χ0n) is 17.9. The highest BCUT2D eigenvalue weighted by atomic mass is 32.2. The number of carbonyl (C=O) groups excluding carboxylic acids is 2. The van der Waals surface area contributed by atoms with E-state index in [-0.39, 0.29) is 5.91 Å². The Hall–Kier alpha value is -3.07. The molecule has 0 radical (unpaired) electrons. The van der Waals surface area contributed by atoms with Crippen molar-refractivity contribution in [1.82, 2.24) is 0 Å². The molecule has 1 fully saturated rings. The van der Waals surface area contributed by atoms with Gasteiger partial charge in [0.2, 0.25) is 21.8 Å². The smallest absolute Gasteiger partial charge is 0.247 e. The maximum absolute atomic E-state index is 12.8. The molecule has 0 aromatic heterocycles. The molecule has 2 amide bonds. The van der Waals surface area contributed by atoms with Crippen LogP contribution in [0.4, 0.5) is 17.1 Å². The maximum Gasteiger partial charge on any atom is 0.247 e. The van der Waals surface area contributed by atoms with Crippen LogP contribution in [0.2, 0.25) is 0 Å². The highest BCUT2D eigenvalue weighted by molar-refractivity contribution is 7.92. The van der Waals surface area contributed by atoms with E-state index in [1.54, 1.807) is 53.4 Å². The topological polar surface area (TPSA) is 96.0 Å². The quantitative estimate of drug-likeness (QED) is 0.674. The standard InChI is InChI=1S/C22H27N3O5S/c1-4-30-20-13-11-19(12-14-20)25(31(3,28)29)16(2)22(27)23-17-7-9-18(10-8-17)24-15-5-6-21(24)26/h7-14,16H,4-6,15H2,1-3H3,(H,23,27)/t16-/m0/s1. The zero-order chi connectivity index (χ0) is 22.6. The summed E-state index contributed by atoms with van der Waals surface area (Å²) in [5, 5.41) is 2.75. The van der Waals surface area contributed by atoms with Crippen molar-refractivity contribution < 1.29 is 22.7 Å². The molecule has 0 saturated carbocycles. The molecule has 3 rings (SSSR count). The van der Waals surface area contributed by atoms with Gasteiger partial charge in [0.05, 0.1) is 18.6 Å². The lowest BCUT2D eigenvalue weighted by molar-refractivity contribution is -0.117. The summed E-state index contributed by atoms with van der Waals surface area (Å²) in [5.41, 5.74) is 1.67. The number of benzene rings is 2. The highest BCUT2D eigenvalue weighted by Crippen LogP contribution is 2.26. The average molecular weight is 446 g/mol. The third kappa shape index (κ3) is 5.35. The lowest BCUT2D eigenvalue weighted by atomic mass is 10.2. The second-order valence-electron chi connectivity index (χ2n) is 7.35. The fourth-order valence-corrected chi connectivity index (χ4v) is 4.73. The Kier molecular flexibility index (Phi) is 6.84. The number of nitrogens with one attached hydrogen (secondary N) is 1. The zero-order valence-corrected chi connectivity index (χ0v) is 18.7. The van der Waals surface area contributed by atoms with Gasteiger partial charge >= 0.3 is 0 Å². The first-order chi connectivity index (χ1) is 14.7. The molecule has 2 aromatic carbocycles. The molecule has 8 nitrogen and oxygen atoms in total. The molecular weight excluding hydrogens is 418 g/mol. The predicted octanol–water partition coefficient (Wildman–Crippen LogP) is 3.01. The summed E-state index contributed by atoms with van der Waals surface area (Å²) in [5.74, 6) is 0.238. The van der Waals surface area contributed by atoms with Crippen LogP contribution in [-0.2, 0) is 19.6 Å². The van der Waals surface area contributed by atoms with Crippen molar-refractivity contribution >= 4 is 38.9 Å². The largest absolute Gasteiger partial charge is 0.494 e. The normalized spacial score (nSPS) is 14.9. The number of carbonyl (C=O) groups is 2. The van der Waals surface area contributed by atoms with E-state index in [2.05, 4.69) is 5.32 Å². The van der Waals surface area contributed by atoms with Crippen LogP contribution in [0.5, 0.6) is 5.75 Å². The van der Waals surface area contributed by atoms with Gasteiger partial charge in [-0.05, 0) is 68.8 Å². The van der Waals surface area contributed by atoms with Gasteiger partial charge in [-0.1, -0.05) is 0 Å². The lowest BCUT2D eigenvalue weighted by Crippen LogP contribution is -2.45. The Morgan fingerprint density at radius 1 is 1.16 bits per heavy atom. The van der Waals surface area contributed by atoms with E-state index in [1.807, 2.05) is 6.92 Å². The second kappa shape index (κ2) is 9.38. The SMILES string of the molecule is CCOc1ccc(N([C@@H](C)C(=O)Nc2ccc(N3CCCC3=O)cc2)S(C)(=O)=O)cc1. The molecule has 31 heavy (non-hydrogen) atoms. The minimum Gasteiger partial charge on any atom is -0.494 e. The summed E-state index contributed by atoms with van der Waals surface area (Å²) in [7, 11) is -3.72. The molecule has 1 heterocycles. The van der Waals surface area contributed by atoms with Crippen LogP contribution >= 0.6 is 0 Å². The van der Waals surface area contributed by atoms with Gasteiger partial charge in [0, 0.05) is 24.3 Å². The summed E-state index contributed by atoms with van der Waals surface area (Å²) in [6, 6.07) is 12.5. The van der Waals surface area contributed by atoms with Gasteiger partial charge in [0.15, 0.2) is 0 Å². The van der Waals surface area contributed by atoms with Gasteiger partial charge in [-0.3, -0.25) is 13.9 Å². The van der Waals surface area contributed by atoms with Gasteiger partial charge in [-0.25, -0.2) is 8.42 Å².